The molecule has 0 aliphatic carbocycles. The Bertz CT molecular complexity index is 604. The van der Waals surface area contributed by atoms with Gasteiger partial charge in [-0.05, 0) is 56.0 Å². The number of methoxy groups -OCH3 is 1. The number of quaternary nitrogens is 1. The van der Waals surface area contributed by atoms with Crippen molar-refractivity contribution < 1.29 is 18.7 Å². The number of rotatable bonds is 14. The summed E-state index contributed by atoms with van der Waals surface area (Å²) in [6.07, 6.45) is 3.58. The van der Waals surface area contributed by atoms with E-state index in [0.717, 1.165) is 23.2 Å². The van der Waals surface area contributed by atoms with Crippen LogP contribution in [0.15, 0.2) is 23.8 Å². The van der Waals surface area contributed by atoms with E-state index in [4.69, 9.17) is 14.2 Å². The SMILES string of the molecule is CCCC[N+](C)(C)CCc1cc(OCCOCCOC)ccc1C(C)=C(C)C. The van der Waals surface area contributed by atoms with Crippen molar-refractivity contribution in [2.75, 3.05) is 60.7 Å². The average molecular weight is 393 g/mol. The van der Waals surface area contributed by atoms with Crippen LogP contribution in [0.25, 0.3) is 5.57 Å². The molecule has 0 aliphatic rings. The third-order valence-electron chi connectivity index (χ3n) is 5.26. The first kappa shape index (κ1) is 24.7. The summed E-state index contributed by atoms with van der Waals surface area (Å²) in [5.74, 6) is 0.925. The second-order valence-electron chi connectivity index (χ2n) is 8.38. The maximum absolute atomic E-state index is 5.93. The molecular weight excluding hydrogens is 350 g/mol. The largest absolute Gasteiger partial charge is 0.491 e. The van der Waals surface area contributed by atoms with Crippen molar-refractivity contribution in [1.82, 2.24) is 0 Å². The zero-order chi connectivity index (χ0) is 21.0. The Morgan fingerprint density at radius 2 is 1.68 bits per heavy atom. The van der Waals surface area contributed by atoms with Gasteiger partial charge in [0.25, 0.3) is 0 Å². The van der Waals surface area contributed by atoms with E-state index < -0.39 is 0 Å². The topological polar surface area (TPSA) is 27.7 Å². The van der Waals surface area contributed by atoms with E-state index in [-0.39, 0.29) is 0 Å². The molecule has 1 aromatic rings. The van der Waals surface area contributed by atoms with Gasteiger partial charge in [0.2, 0.25) is 0 Å². The van der Waals surface area contributed by atoms with Crippen LogP contribution < -0.4 is 4.74 Å². The summed E-state index contributed by atoms with van der Waals surface area (Å²) in [5, 5.41) is 0. The average Bonchev–Trinajstić information content (AvgIpc) is 2.67. The lowest BCUT2D eigenvalue weighted by Crippen LogP contribution is -2.42. The third-order valence-corrected chi connectivity index (χ3v) is 5.26. The highest BCUT2D eigenvalue weighted by Gasteiger charge is 2.16. The number of hydrogen-bond acceptors (Lipinski definition) is 3. The minimum absolute atomic E-state index is 0.558. The lowest BCUT2D eigenvalue weighted by Gasteiger charge is -2.30. The molecule has 1 aromatic carbocycles. The number of nitrogens with zero attached hydrogens (tertiary/aromatic N) is 1. The molecule has 1 rings (SSSR count). The van der Waals surface area contributed by atoms with Gasteiger partial charge in [-0.3, -0.25) is 0 Å². The minimum Gasteiger partial charge on any atom is -0.491 e. The van der Waals surface area contributed by atoms with Crippen LogP contribution in [0.2, 0.25) is 0 Å². The maximum atomic E-state index is 5.93. The van der Waals surface area contributed by atoms with Gasteiger partial charge >= 0.3 is 0 Å². The van der Waals surface area contributed by atoms with Crippen LogP contribution in [0.3, 0.4) is 0 Å². The van der Waals surface area contributed by atoms with Crippen molar-refractivity contribution in [1.29, 1.82) is 0 Å². The van der Waals surface area contributed by atoms with Crippen molar-refractivity contribution in [3.63, 3.8) is 0 Å². The number of unbranched alkanes of at least 4 members (excludes halogenated alkanes) is 1. The smallest absolute Gasteiger partial charge is 0.119 e. The Hall–Kier alpha value is -1.36. The maximum Gasteiger partial charge on any atom is 0.119 e. The van der Waals surface area contributed by atoms with Crippen LogP contribution in [-0.2, 0) is 15.9 Å². The van der Waals surface area contributed by atoms with E-state index in [2.05, 4.69) is 60.0 Å². The first-order valence-electron chi connectivity index (χ1n) is 10.6. The van der Waals surface area contributed by atoms with Crippen molar-refractivity contribution in [3.05, 3.63) is 34.9 Å². The molecule has 4 heteroatoms. The molecule has 0 saturated heterocycles. The minimum atomic E-state index is 0.558. The number of hydrogen-bond donors (Lipinski definition) is 0. The van der Waals surface area contributed by atoms with Crippen LogP contribution in [0, 0.1) is 0 Å². The molecule has 0 amide bonds. The Balaban J connectivity index is 2.82. The molecule has 0 saturated carbocycles. The molecule has 0 fully saturated rings. The number of likely N-dealkylation sites (N-methyl/N-ethyl adjacent to an activating group) is 1. The molecule has 0 bridgehead atoms. The third kappa shape index (κ3) is 9.22. The molecule has 4 nitrogen and oxygen atoms in total. The summed E-state index contributed by atoms with van der Waals surface area (Å²) >= 11 is 0. The predicted molar refractivity (Wildman–Crippen MR) is 119 cm³/mol. The van der Waals surface area contributed by atoms with Gasteiger partial charge in [-0.25, -0.2) is 0 Å². The standard InChI is InChI=1S/C24H42NO3/c1-8-9-13-25(5,6)14-12-22-19-23(28-18-17-27-16-15-26-7)10-11-24(22)21(4)20(2)3/h10-11,19H,8-9,12-18H2,1-7H3/q+1. The van der Waals surface area contributed by atoms with Gasteiger partial charge in [0.15, 0.2) is 0 Å². The Morgan fingerprint density at radius 3 is 2.32 bits per heavy atom. The highest BCUT2D eigenvalue weighted by Crippen LogP contribution is 2.27. The summed E-state index contributed by atoms with van der Waals surface area (Å²) in [6.45, 7) is 13.6. The van der Waals surface area contributed by atoms with Gasteiger partial charge in [0.1, 0.15) is 12.4 Å². The van der Waals surface area contributed by atoms with E-state index in [1.165, 1.54) is 41.7 Å². The van der Waals surface area contributed by atoms with Crippen molar-refractivity contribution in [2.24, 2.45) is 0 Å². The van der Waals surface area contributed by atoms with Gasteiger partial charge in [-0.2, -0.15) is 0 Å². The van der Waals surface area contributed by atoms with Gasteiger partial charge < -0.3 is 18.7 Å². The number of benzene rings is 1. The highest BCUT2D eigenvalue weighted by atomic mass is 16.5. The fourth-order valence-corrected chi connectivity index (χ4v) is 3.09. The summed E-state index contributed by atoms with van der Waals surface area (Å²) in [6, 6.07) is 6.51. The second-order valence-corrected chi connectivity index (χ2v) is 8.38. The van der Waals surface area contributed by atoms with Crippen molar-refractivity contribution >= 4 is 5.57 Å². The van der Waals surface area contributed by atoms with Crippen molar-refractivity contribution in [2.45, 2.75) is 47.0 Å². The molecule has 0 aliphatic heterocycles. The van der Waals surface area contributed by atoms with E-state index in [1.807, 2.05) is 0 Å². The normalized spacial score (nSPS) is 11.5. The fraction of sp³-hybridized carbons (Fsp3) is 0.667. The van der Waals surface area contributed by atoms with E-state index >= 15 is 0 Å². The summed E-state index contributed by atoms with van der Waals surface area (Å²) in [4.78, 5) is 0. The molecule has 0 atom stereocenters. The molecular formula is C24H42NO3+. The van der Waals surface area contributed by atoms with E-state index in [1.54, 1.807) is 7.11 Å². The molecule has 0 heterocycles. The number of ether oxygens (including phenoxy) is 3. The lowest BCUT2D eigenvalue weighted by atomic mass is 9.95. The van der Waals surface area contributed by atoms with Gasteiger partial charge in [0, 0.05) is 13.5 Å². The highest BCUT2D eigenvalue weighted by molar-refractivity contribution is 5.69. The van der Waals surface area contributed by atoms with Crippen LogP contribution in [0.4, 0.5) is 0 Å². The quantitative estimate of drug-likeness (QED) is 0.331. The van der Waals surface area contributed by atoms with Gasteiger partial charge in [0.05, 0.1) is 47.0 Å². The molecule has 28 heavy (non-hydrogen) atoms. The van der Waals surface area contributed by atoms with Crippen LogP contribution in [-0.4, -0.2) is 65.2 Å². The van der Waals surface area contributed by atoms with Crippen molar-refractivity contribution in [3.8, 4) is 5.75 Å². The Labute approximate surface area is 173 Å². The zero-order valence-electron chi connectivity index (χ0n) is 19.3. The van der Waals surface area contributed by atoms with Crippen LogP contribution in [0.1, 0.15) is 51.7 Å². The molecule has 0 radical (unpaired) electrons. The fourth-order valence-electron chi connectivity index (χ4n) is 3.09. The second kappa shape index (κ2) is 13.0. The monoisotopic (exact) mass is 392 g/mol. The molecule has 160 valence electrons. The van der Waals surface area contributed by atoms with Crippen LogP contribution in [0.5, 0.6) is 5.75 Å². The Kier molecular flexibility index (Phi) is 11.4. The molecule has 0 unspecified atom stereocenters. The number of allylic oxidation sites excluding steroid dienone is 2. The first-order chi connectivity index (χ1) is 13.3. The first-order valence-corrected chi connectivity index (χ1v) is 10.6. The zero-order valence-corrected chi connectivity index (χ0v) is 19.3. The summed E-state index contributed by atoms with van der Waals surface area (Å²) < 4.78 is 17.5. The summed E-state index contributed by atoms with van der Waals surface area (Å²) in [7, 11) is 6.35. The lowest BCUT2D eigenvalue weighted by molar-refractivity contribution is -0.890. The predicted octanol–water partition coefficient (Wildman–Crippen LogP) is 4.96. The van der Waals surface area contributed by atoms with E-state index in [0.29, 0.717) is 26.4 Å². The summed E-state index contributed by atoms with van der Waals surface area (Å²) in [5.41, 5.74) is 5.45. The van der Waals surface area contributed by atoms with Gasteiger partial charge in [-0.1, -0.05) is 25.0 Å². The van der Waals surface area contributed by atoms with Crippen LogP contribution >= 0.6 is 0 Å². The van der Waals surface area contributed by atoms with E-state index in [9.17, 15) is 0 Å². The Morgan fingerprint density at radius 1 is 0.964 bits per heavy atom. The molecule has 0 spiro atoms. The van der Waals surface area contributed by atoms with Gasteiger partial charge in [-0.15, -0.1) is 0 Å². The molecule has 0 N–H and O–H groups in total. The molecule has 0 aromatic heterocycles.